The molecule has 14 nitrogen and oxygen atoms in total. The van der Waals surface area contributed by atoms with E-state index in [4.69, 9.17) is 9.47 Å². The first kappa shape index (κ1) is 30.6. The van der Waals surface area contributed by atoms with Gasteiger partial charge in [0.05, 0.1) is 25.4 Å². The van der Waals surface area contributed by atoms with Crippen LogP contribution in [0.5, 0.6) is 0 Å². The molecule has 0 bridgehead atoms. The fourth-order valence-corrected chi connectivity index (χ4v) is 5.13. The Bertz CT molecular complexity index is 1500. The van der Waals surface area contributed by atoms with E-state index in [0.717, 1.165) is 17.0 Å². The van der Waals surface area contributed by atoms with Gasteiger partial charge in [-0.2, -0.15) is 0 Å². The zero-order chi connectivity index (χ0) is 31.4. The summed E-state index contributed by atoms with van der Waals surface area (Å²) in [5.74, 6) is -3.15. The first-order valence-corrected chi connectivity index (χ1v) is 14.1. The molecule has 2 fully saturated rings. The normalized spacial score (nSPS) is 17.5. The maximum atomic E-state index is 15.2. The second-order valence-corrected chi connectivity index (χ2v) is 10.2. The lowest BCUT2D eigenvalue weighted by atomic mass is 10.1. The van der Waals surface area contributed by atoms with Crippen molar-refractivity contribution in [1.82, 2.24) is 24.6 Å². The third kappa shape index (κ3) is 6.54. The van der Waals surface area contributed by atoms with Crippen molar-refractivity contribution in [3.8, 4) is 0 Å². The van der Waals surface area contributed by atoms with Gasteiger partial charge in [0.2, 0.25) is 11.7 Å². The molecule has 3 amide bonds. The standard InChI is InChI=1S/C28H31F2N7O7/c1-2-43-23(39)5-4-18-14-37(28(42)44-18)17-12-19(29)24(20(30)13-17)34-8-10-35(11-9-34)26(41)22(16-38)32-25(40)21-15-36-7-3-6-31-27(36)33-21/h3,6-7,12-13,15,18,22,38H,2,4-5,8-11,14,16H2,1H3,(H,32,40)/t18-,22-/m0/s1. The zero-order valence-corrected chi connectivity index (χ0v) is 23.8. The number of fused-ring (bicyclic) bond motifs is 1. The van der Waals surface area contributed by atoms with Crippen molar-refractivity contribution >= 4 is 41.0 Å². The summed E-state index contributed by atoms with van der Waals surface area (Å²) in [6.07, 6.45) is 3.47. The number of rotatable bonds is 10. The number of ether oxygens (including phenoxy) is 2. The Kier molecular flexibility index (Phi) is 9.18. The number of halogens is 2. The summed E-state index contributed by atoms with van der Waals surface area (Å²) < 4.78 is 42.1. The zero-order valence-electron chi connectivity index (χ0n) is 23.8. The number of aliphatic hydroxyl groups excluding tert-OH is 1. The van der Waals surface area contributed by atoms with Crippen LogP contribution < -0.4 is 15.1 Å². The first-order valence-electron chi connectivity index (χ1n) is 14.1. The highest BCUT2D eigenvalue weighted by Crippen LogP contribution is 2.32. The molecular weight excluding hydrogens is 584 g/mol. The Morgan fingerprint density at radius 2 is 1.91 bits per heavy atom. The molecule has 0 saturated carbocycles. The fraction of sp³-hybridized carbons (Fsp3) is 0.429. The number of nitrogens with zero attached hydrogens (tertiary/aromatic N) is 6. The lowest BCUT2D eigenvalue weighted by Gasteiger charge is -2.37. The molecule has 0 unspecified atom stereocenters. The molecule has 44 heavy (non-hydrogen) atoms. The minimum Gasteiger partial charge on any atom is -0.466 e. The molecule has 0 spiro atoms. The predicted octanol–water partition coefficient (Wildman–Crippen LogP) is 1.12. The number of anilines is 2. The third-order valence-electron chi connectivity index (χ3n) is 7.32. The number of carbonyl (C=O) groups excluding carboxylic acids is 4. The summed E-state index contributed by atoms with van der Waals surface area (Å²) in [5, 5.41) is 12.3. The maximum absolute atomic E-state index is 15.2. The van der Waals surface area contributed by atoms with Crippen LogP contribution in [0.15, 0.2) is 36.8 Å². The van der Waals surface area contributed by atoms with Crippen molar-refractivity contribution in [1.29, 1.82) is 0 Å². The largest absolute Gasteiger partial charge is 0.466 e. The van der Waals surface area contributed by atoms with Crippen LogP contribution in [0.1, 0.15) is 30.3 Å². The molecule has 2 aliphatic heterocycles. The number of benzene rings is 1. The summed E-state index contributed by atoms with van der Waals surface area (Å²) in [7, 11) is 0. The van der Waals surface area contributed by atoms with Crippen molar-refractivity contribution in [3.05, 3.63) is 54.1 Å². The van der Waals surface area contributed by atoms with Crippen LogP contribution in [0, 0.1) is 11.6 Å². The number of aromatic nitrogens is 3. The quantitative estimate of drug-likeness (QED) is 0.317. The van der Waals surface area contributed by atoms with Gasteiger partial charge < -0.3 is 29.7 Å². The molecular formula is C28H31F2N7O7. The molecule has 2 saturated heterocycles. The van der Waals surface area contributed by atoms with Crippen molar-refractivity contribution in [2.24, 2.45) is 0 Å². The van der Waals surface area contributed by atoms with Crippen LogP contribution in [0.4, 0.5) is 25.0 Å². The summed E-state index contributed by atoms with van der Waals surface area (Å²) in [6.45, 7) is 1.57. The number of piperazine rings is 1. The van der Waals surface area contributed by atoms with Crippen molar-refractivity contribution in [2.75, 3.05) is 55.7 Å². The number of amides is 3. The predicted molar refractivity (Wildman–Crippen MR) is 150 cm³/mol. The second-order valence-electron chi connectivity index (χ2n) is 10.2. The molecule has 0 aliphatic carbocycles. The highest BCUT2D eigenvalue weighted by atomic mass is 19.1. The van der Waals surface area contributed by atoms with Gasteiger partial charge in [-0.3, -0.25) is 23.7 Å². The van der Waals surface area contributed by atoms with E-state index in [2.05, 4.69) is 15.3 Å². The summed E-state index contributed by atoms with van der Waals surface area (Å²) in [5.41, 5.74) is -0.313. The molecule has 16 heteroatoms. The smallest absolute Gasteiger partial charge is 0.414 e. The van der Waals surface area contributed by atoms with E-state index in [0.29, 0.717) is 5.78 Å². The lowest BCUT2D eigenvalue weighted by molar-refractivity contribution is -0.143. The van der Waals surface area contributed by atoms with Crippen LogP contribution in [-0.4, -0.2) is 106 Å². The average Bonchev–Trinajstić information content (AvgIpc) is 3.62. The molecule has 5 rings (SSSR count). The van der Waals surface area contributed by atoms with Gasteiger partial charge in [0.25, 0.3) is 5.91 Å². The maximum Gasteiger partial charge on any atom is 0.414 e. The van der Waals surface area contributed by atoms with Crippen LogP contribution >= 0.6 is 0 Å². The van der Waals surface area contributed by atoms with Gasteiger partial charge in [-0.05, 0) is 19.4 Å². The Labute approximate surface area is 250 Å². The van der Waals surface area contributed by atoms with Crippen molar-refractivity contribution in [2.45, 2.75) is 31.9 Å². The Hall–Kier alpha value is -4.86. The summed E-state index contributed by atoms with van der Waals surface area (Å²) >= 11 is 0. The van der Waals surface area contributed by atoms with Crippen molar-refractivity contribution in [3.63, 3.8) is 0 Å². The van der Waals surface area contributed by atoms with Gasteiger partial charge >= 0.3 is 12.1 Å². The van der Waals surface area contributed by atoms with E-state index >= 15 is 8.78 Å². The van der Waals surface area contributed by atoms with Gasteiger partial charge in [0, 0.05) is 63.3 Å². The monoisotopic (exact) mass is 615 g/mol. The molecule has 2 aliphatic rings. The van der Waals surface area contributed by atoms with Gasteiger partial charge in [-0.25, -0.2) is 23.5 Å². The number of nitrogens with one attached hydrogen (secondary N) is 1. The summed E-state index contributed by atoms with van der Waals surface area (Å²) in [4.78, 5) is 61.8. The highest BCUT2D eigenvalue weighted by molar-refractivity contribution is 5.96. The van der Waals surface area contributed by atoms with Gasteiger partial charge in [-0.15, -0.1) is 0 Å². The minimum atomic E-state index is -1.25. The van der Waals surface area contributed by atoms with E-state index in [1.54, 1.807) is 19.2 Å². The molecule has 3 aromatic rings. The average molecular weight is 616 g/mol. The SMILES string of the molecule is CCOC(=O)CC[C@H]1CN(c2cc(F)c(N3CCN(C(=O)[C@H](CO)NC(=O)c4cn5cccnc5n4)CC3)c(F)c2)C(=O)O1. The number of hydrogen-bond acceptors (Lipinski definition) is 10. The number of imidazole rings is 1. The molecule has 1 aromatic carbocycles. The fourth-order valence-electron chi connectivity index (χ4n) is 5.13. The van der Waals surface area contributed by atoms with Crippen LogP contribution in [0.3, 0.4) is 0 Å². The number of cyclic esters (lactones) is 1. The summed E-state index contributed by atoms with van der Waals surface area (Å²) in [6, 6.07) is 2.49. The number of aliphatic hydroxyl groups is 1. The molecule has 2 N–H and O–H groups in total. The molecule has 0 radical (unpaired) electrons. The van der Waals surface area contributed by atoms with Crippen LogP contribution in [0.25, 0.3) is 5.78 Å². The van der Waals surface area contributed by atoms with Gasteiger partial charge in [0.1, 0.15) is 23.5 Å². The van der Waals surface area contributed by atoms with Gasteiger partial charge in [0.15, 0.2) is 11.6 Å². The Morgan fingerprint density at radius 1 is 1.18 bits per heavy atom. The topological polar surface area (TPSA) is 159 Å². The van der Waals surface area contributed by atoms with E-state index in [-0.39, 0.29) is 69.2 Å². The van der Waals surface area contributed by atoms with E-state index < -0.39 is 54.3 Å². The van der Waals surface area contributed by atoms with E-state index in [9.17, 15) is 24.3 Å². The van der Waals surface area contributed by atoms with Crippen LogP contribution in [0.2, 0.25) is 0 Å². The second kappa shape index (κ2) is 13.2. The van der Waals surface area contributed by atoms with Crippen molar-refractivity contribution < 1.29 is 42.5 Å². The number of carbonyl (C=O) groups is 4. The van der Waals surface area contributed by atoms with Gasteiger partial charge in [-0.1, -0.05) is 0 Å². The van der Waals surface area contributed by atoms with E-state index in [1.165, 1.54) is 26.6 Å². The first-order chi connectivity index (χ1) is 21.2. The Balaban J connectivity index is 1.17. The van der Waals surface area contributed by atoms with E-state index in [1.807, 2.05) is 0 Å². The molecule has 2 aromatic heterocycles. The van der Waals surface area contributed by atoms with Crippen LogP contribution in [-0.2, 0) is 19.1 Å². The number of hydrogen-bond donors (Lipinski definition) is 2. The molecule has 2 atom stereocenters. The molecule has 4 heterocycles. The minimum absolute atomic E-state index is 0.0172. The molecule has 234 valence electrons. The lowest BCUT2D eigenvalue weighted by Crippen LogP contribution is -2.56. The third-order valence-corrected chi connectivity index (χ3v) is 7.32. The Morgan fingerprint density at radius 3 is 2.57 bits per heavy atom. The highest BCUT2D eigenvalue weighted by Gasteiger charge is 2.35. The number of esters is 1.